The molecule has 7 heteroatoms. The van der Waals surface area contributed by atoms with Gasteiger partial charge in [0, 0.05) is 5.69 Å². The molecule has 0 unspecified atom stereocenters. The zero-order valence-electron chi connectivity index (χ0n) is 13.5. The van der Waals surface area contributed by atoms with Crippen LogP contribution in [-0.4, -0.2) is 20.1 Å². The molecule has 0 bridgehead atoms. The van der Waals surface area contributed by atoms with Crippen LogP contribution in [0, 0.1) is 17.1 Å². The molecule has 2 aromatic rings. The summed E-state index contributed by atoms with van der Waals surface area (Å²) in [5.41, 5.74) is 0.721. The summed E-state index contributed by atoms with van der Waals surface area (Å²) >= 11 is 6.11. The molecule has 0 heterocycles. The Morgan fingerprint density at radius 3 is 2.48 bits per heavy atom. The largest absolute Gasteiger partial charge is 0.493 e. The van der Waals surface area contributed by atoms with Crippen molar-refractivity contribution in [1.82, 2.24) is 0 Å². The van der Waals surface area contributed by atoms with Crippen LogP contribution in [0.3, 0.4) is 0 Å². The summed E-state index contributed by atoms with van der Waals surface area (Å²) in [6, 6.07) is 10.2. The average Bonchev–Trinajstić information content (AvgIpc) is 2.60. The number of amides is 1. The highest BCUT2D eigenvalue weighted by Crippen LogP contribution is 2.36. The van der Waals surface area contributed by atoms with Crippen LogP contribution in [0.15, 0.2) is 42.0 Å². The number of nitrogens with one attached hydrogen (secondary N) is 1. The number of benzene rings is 2. The highest BCUT2D eigenvalue weighted by Gasteiger charge is 2.13. The summed E-state index contributed by atoms with van der Waals surface area (Å²) in [6.45, 7) is 0. The second kappa shape index (κ2) is 8.18. The molecular weight excluding hydrogens is 347 g/mol. The number of hydrogen-bond donors (Lipinski definition) is 1. The van der Waals surface area contributed by atoms with Crippen LogP contribution in [0.4, 0.5) is 10.1 Å². The highest BCUT2D eigenvalue weighted by molar-refractivity contribution is 6.32. The van der Waals surface area contributed by atoms with Crippen molar-refractivity contribution < 1.29 is 18.7 Å². The lowest BCUT2D eigenvalue weighted by atomic mass is 10.1. The molecule has 1 N–H and O–H groups in total. The number of carbonyl (C=O) groups is 1. The molecule has 0 spiro atoms. The standard InChI is InChI=1S/C18H14ClFN2O3/c1-24-16-9-11(8-15(19)17(16)25-2)7-12(10-21)18(23)22-14-5-3-13(20)4-6-14/h3-9H,1-2H3,(H,22,23)/b12-7-. The number of rotatable bonds is 5. The topological polar surface area (TPSA) is 71.3 Å². The molecule has 1 amide bonds. The van der Waals surface area contributed by atoms with Crippen molar-refractivity contribution in [3.8, 4) is 17.6 Å². The Kier molecular flexibility index (Phi) is 5.98. The van der Waals surface area contributed by atoms with E-state index in [-0.39, 0.29) is 10.6 Å². The van der Waals surface area contributed by atoms with Gasteiger partial charge in [0.25, 0.3) is 5.91 Å². The van der Waals surface area contributed by atoms with Gasteiger partial charge in [-0.05, 0) is 48.0 Å². The Hall–Kier alpha value is -3.04. The Labute approximate surface area is 149 Å². The Balaban J connectivity index is 2.30. The fourth-order valence-corrected chi connectivity index (χ4v) is 2.36. The first kappa shape index (κ1) is 18.3. The number of ether oxygens (including phenoxy) is 2. The Bertz CT molecular complexity index is 858. The molecule has 2 aromatic carbocycles. The van der Waals surface area contributed by atoms with Crippen molar-refractivity contribution in [2.75, 3.05) is 19.5 Å². The van der Waals surface area contributed by atoms with E-state index in [2.05, 4.69) is 5.32 Å². The van der Waals surface area contributed by atoms with E-state index in [1.165, 1.54) is 44.6 Å². The maximum Gasteiger partial charge on any atom is 0.266 e. The molecule has 2 rings (SSSR count). The fraction of sp³-hybridized carbons (Fsp3) is 0.111. The first-order chi connectivity index (χ1) is 12.0. The van der Waals surface area contributed by atoms with Crippen LogP contribution in [0.1, 0.15) is 5.56 Å². The molecular formula is C18H14ClFN2O3. The molecule has 0 aliphatic heterocycles. The van der Waals surface area contributed by atoms with Crippen LogP contribution in [0.25, 0.3) is 6.08 Å². The van der Waals surface area contributed by atoms with E-state index in [9.17, 15) is 14.4 Å². The first-order valence-corrected chi connectivity index (χ1v) is 7.46. The lowest BCUT2D eigenvalue weighted by molar-refractivity contribution is -0.112. The van der Waals surface area contributed by atoms with Gasteiger partial charge in [-0.3, -0.25) is 4.79 Å². The molecule has 5 nitrogen and oxygen atoms in total. The molecule has 0 atom stereocenters. The van der Waals surface area contributed by atoms with Crippen molar-refractivity contribution in [1.29, 1.82) is 5.26 Å². The highest BCUT2D eigenvalue weighted by atomic mass is 35.5. The molecule has 0 radical (unpaired) electrons. The van der Waals surface area contributed by atoms with Gasteiger partial charge in [0.15, 0.2) is 11.5 Å². The molecule has 25 heavy (non-hydrogen) atoms. The van der Waals surface area contributed by atoms with Gasteiger partial charge in [0.05, 0.1) is 19.2 Å². The van der Waals surface area contributed by atoms with Crippen molar-refractivity contribution >= 4 is 29.3 Å². The van der Waals surface area contributed by atoms with E-state index in [4.69, 9.17) is 21.1 Å². The van der Waals surface area contributed by atoms with Crippen LogP contribution in [-0.2, 0) is 4.79 Å². The van der Waals surface area contributed by atoms with E-state index in [1.807, 2.05) is 6.07 Å². The first-order valence-electron chi connectivity index (χ1n) is 7.08. The molecule has 0 aliphatic carbocycles. The van der Waals surface area contributed by atoms with Gasteiger partial charge in [-0.2, -0.15) is 5.26 Å². The third kappa shape index (κ3) is 4.49. The molecule has 0 fully saturated rings. The monoisotopic (exact) mass is 360 g/mol. The van der Waals surface area contributed by atoms with Crippen LogP contribution in [0.5, 0.6) is 11.5 Å². The minimum atomic E-state index is -0.625. The number of carbonyl (C=O) groups excluding carboxylic acids is 1. The van der Waals surface area contributed by atoms with Crippen molar-refractivity contribution in [3.63, 3.8) is 0 Å². The number of halogens is 2. The predicted molar refractivity (Wildman–Crippen MR) is 93.2 cm³/mol. The van der Waals surface area contributed by atoms with E-state index in [0.29, 0.717) is 22.7 Å². The number of anilines is 1. The zero-order valence-corrected chi connectivity index (χ0v) is 14.2. The molecule has 0 aromatic heterocycles. The van der Waals surface area contributed by atoms with E-state index >= 15 is 0 Å². The predicted octanol–water partition coefficient (Wildman–Crippen LogP) is 4.04. The zero-order chi connectivity index (χ0) is 18.4. The molecule has 0 saturated carbocycles. The van der Waals surface area contributed by atoms with Gasteiger partial charge >= 0.3 is 0 Å². The summed E-state index contributed by atoms with van der Waals surface area (Å²) in [4.78, 5) is 12.2. The Morgan fingerprint density at radius 2 is 1.92 bits per heavy atom. The number of nitriles is 1. The van der Waals surface area contributed by atoms with Crippen molar-refractivity contribution in [3.05, 3.63) is 58.4 Å². The van der Waals surface area contributed by atoms with Crippen LogP contribution < -0.4 is 14.8 Å². The Morgan fingerprint density at radius 1 is 1.24 bits per heavy atom. The normalized spacial score (nSPS) is 10.8. The van der Waals surface area contributed by atoms with E-state index in [0.717, 1.165) is 0 Å². The van der Waals surface area contributed by atoms with Crippen molar-refractivity contribution in [2.24, 2.45) is 0 Å². The summed E-state index contributed by atoms with van der Waals surface area (Å²) in [6.07, 6.45) is 1.37. The summed E-state index contributed by atoms with van der Waals surface area (Å²) in [5.74, 6) is -0.317. The third-order valence-electron chi connectivity index (χ3n) is 3.23. The smallest absolute Gasteiger partial charge is 0.266 e. The summed E-state index contributed by atoms with van der Waals surface area (Å²) in [7, 11) is 2.91. The second-order valence-electron chi connectivity index (χ2n) is 4.87. The minimum Gasteiger partial charge on any atom is -0.493 e. The number of hydrogen-bond acceptors (Lipinski definition) is 4. The molecule has 0 aliphatic rings. The maximum absolute atomic E-state index is 12.9. The fourth-order valence-electron chi connectivity index (χ4n) is 2.07. The lowest BCUT2D eigenvalue weighted by Gasteiger charge is -2.10. The number of nitrogens with zero attached hydrogens (tertiary/aromatic N) is 1. The average molecular weight is 361 g/mol. The third-order valence-corrected chi connectivity index (χ3v) is 3.51. The van der Waals surface area contributed by atoms with E-state index in [1.54, 1.807) is 12.1 Å². The molecule has 0 saturated heterocycles. The van der Waals surface area contributed by atoms with Crippen molar-refractivity contribution in [2.45, 2.75) is 0 Å². The lowest BCUT2D eigenvalue weighted by Crippen LogP contribution is -2.13. The molecule has 128 valence electrons. The van der Waals surface area contributed by atoms with Crippen LogP contribution in [0.2, 0.25) is 5.02 Å². The van der Waals surface area contributed by atoms with Gasteiger partial charge in [-0.1, -0.05) is 11.6 Å². The number of methoxy groups -OCH3 is 2. The quantitative estimate of drug-likeness (QED) is 0.645. The van der Waals surface area contributed by atoms with E-state index < -0.39 is 11.7 Å². The second-order valence-corrected chi connectivity index (χ2v) is 5.28. The van der Waals surface area contributed by atoms with Gasteiger partial charge < -0.3 is 14.8 Å². The summed E-state index contributed by atoms with van der Waals surface area (Å²) in [5, 5.41) is 12.1. The van der Waals surface area contributed by atoms with Gasteiger partial charge in [0.1, 0.15) is 17.5 Å². The van der Waals surface area contributed by atoms with Gasteiger partial charge in [0.2, 0.25) is 0 Å². The summed E-state index contributed by atoms with van der Waals surface area (Å²) < 4.78 is 23.2. The van der Waals surface area contributed by atoms with Gasteiger partial charge in [-0.15, -0.1) is 0 Å². The minimum absolute atomic E-state index is 0.146. The maximum atomic E-state index is 12.9. The SMILES string of the molecule is COc1cc(/C=C(/C#N)C(=O)Nc2ccc(F)cc2)cc(Cl)c1OC. The van der Waals surface area contributed by atoms with Crippen LogP contribution >= 0.6 is 11.6 Å². The van der Waals surface area contributed by atoms with Gasteiger partial charge in [-0.25, -0.2) is 4.39 Å².